The van der Waals surface area contributed by atoms with Gasteiger partial charge in [-0.15, -0.1) is 11.3 Å². The molecule has 0 saturated heterocycles. The van der Waals surface area contributed by atoms with Crippen LogP contribution in [0.1, 0.15) is 9.88 Å². The lowest BCUT2D eigenvalue weighted by molar-refractivity contribution is 0.405. The van der Waals surface area contributed by atoms with Crippen molar-refractivity contribution in [2.75, 3.05) is 19.5 Å². The van der Waals surface area contributed by atoms with Gasteiger partial charge in [0.15, 0.2) is 5.96 Å². The summed E-state index contributed by atoms with van der Waals surface area (Å²) in [5, 5.41) is 4.04. The van der Waals surface area contributed by atoms with Crippen molar-refractivity contribution in [3.05, 3.63) is 34.3 Å². The Balaban J connectivity index is 2.09. The number of aryl methyl sites for hydroxylation is 1. The van der Waals surface area contributed by atoms with Crippen LogP contribution in [0.5, 0.6) is 11.5 Å². The third-order valence-electron chi connectivity index (χ3n) is 2.74. The van der Waals surface area contributed by atoms with Crippen molar-refractivity contribution < 1.29 is 9.47 Å². The van der Waals surface area contributed by atoms with Crippen LogP contribution in [-0.2, 0) is 6.54 Å². The Morgan fingerprint density at radius 2 is 2.19 bits per heavy atom. The van der Waals surface area contributed by atoms with Crippen LogP contribution in [0.15, 0.2) is 29.4 Å². The molecule has 0 radical (unpaired) electrons. The van der Waals surface area contributed by atoms with Gasteiger partial charge in [0.05, 0.1) is 31.5 Å². The number of hydrogen-bond acceptors (Lipinski definition) is 5. The van der Waals surface area contributed by atoms with E-state index in [4.69, 9.17) is 15.2 Å². The SMILES string of the molecule is COc1ccc(OC)c(NC(N)=NCc2cnc(C)s2)c1. The number of nitrogens with zero attached hydrogens (tertiary/aromatic N) is 2. The molecule has 0 bridgehead atoms. The summed E-state index contributed by atoms with van der Waals surface area (Å²) in [4.78, 5) is 9.54. The monoisotopic (exact) mass is 306 g/mol. The fourth-order valence-corrected chi connectivity index (χ4v) is 2.45. The van der Waals surface area contributed by atoms with Crippen molar-refractivity contribution in [2.24, 2.45) is 10.7 Å². The molecule has 1 aromatic heterocycles. The van der Waals surface area contributed by atoms with Crippen molar-refractivity contribution in [2.45, 2.75) is 13.5 Å². The van der Waals surface area contributed by atoms with Gasteiger partial charge in [-0.25, -0.2) is 9.98 Å². The van der Waals surface area contributed by atoms with Crippen molar-refractivity contribution in [1.82, 2.24) is 4.98 Å². The van der Waals surface area contributed by atoms with E-state index in [-0.39, 0.29) is 0 Å². The van der Waals surface area contributed by atoms with E-state index in [1.807, 2.05) is 19.2 Å². The average Bonchev–Trinajstić information content (AvgIpc) is 2.90. The molecule has 0 spiro atoms. The largest absolute Gasteiger partial charge is 0.497 e. The summed E-state index contributed by atoms with van der Waals surface area (Å²) < 4.78 is 10.5. The van der Waals surface area contributed by atoms with Gasteiger partial charge in [0.1, 0.15) is 11.5 Å². The van der Waals surface area contributed by atoms with E-state index >= 15 is 0 Å². The van der Waals surface area contributed by atoms with Gasteiger partial charge in [-0.1, -0.05) is 0 Å². The summed E-state index contributed by atoms with van der Waals surface area (Å²) in [7, 11) is 3.20. The number of hydrogen-bond donors (Lipinski definition) is 2. The quantitative estimate of drug-likeness (QED) is 0.655. The van der Waals surface area contributed by atoms with Crippen LogP contribution in [0, 0.1) is 6.92 Å². The van der Waals surface area contributed by atoms with E-state index in [0.29, 0.717) is 29.7 Å². The zero-order chi connectivity index (χ0) is 15.2. The van der Waals surface area contributed by atoms with Gasteiger partial charge in [0.25, 0.3) is 0 Å². The van der Waals surface area contributed by atoms with E-state index in [9.17, 15) is 0 Å². The highest BCUT2D eigenvalue weighted by molar-refractivity contribution is 7.11. The molecule has 1 aromatic carbocycles. The summed E-state index contributed by atoms with van der Waals surface area (Å²) in [6, 6.07) is 5.43. The number of guanidine groups is 1. The van der Waals surface area contributed by atoms with Gasteiger partial charge in [0.2, 0.25) is 0 Å². The Labute approximate surface area is 127 Å². The van der Waals surface area contributed by atoms with Crippen molar-refractivity contribution >= 4 is 23.0 Å². The topological polar surface area (TPSA) is 81.8 Å². The smallest absolute Gasteiger partial charge is 0.193 e. The minimum absolute atomic E-state index is 0.313. The Kier molecular flexibility index (Phi) is 4.99. The van der Waals surface area contributed by atoms with Gasteiger partial charge in [-0.3, -0.25) is 0 Å². The fraction of sp³-hybridized carbons (Fsp3) is 0.286. The van der Waals surface area contributed by atoms with Crippen LogP contribution in [0.3, 0.4) is 0 Å². The number of thiazole rings is 1. The molecule has 0 aliphatic heterocycles. The number of nitrogens with two attached hydrogens (primary N) is 1. The van der Waals surface area contributed by atoms with E-state index < -0.39 is 0 Å². The van der Waals surface area contributed by atoms with Crippen molar-refractivity contribution in [3.8, 4) is 11.5 Å². The second-order valence-corrected chi connectivity index (χ2v) is 5.56. The number of nitrogens with one attached hydrogen (secondary N) is 1. The first-order chi connectivity index (χ1) is 10.1. The predicted octanol–water partition coefficient (Wildman–Crippen LogP) is 2.40. The first kappa shape index (κ1) is 15.1. The predicted molar refractivity (Wildman–Crippen MR) is 85.3 cm³/mol. The lowest BCUT2D eigenvalue weighted by Crippen LogP contribution is -2.22. The van der Waals surface area contributed by atoms with Gasteiger partial charge in [0, 0.05) is 17.1 Å². The maximum absolute atomic E-state index is 5.90. The molecule has 0 aliphatic carbocycles. The number of benzene rings is 1. The van der Waals surface area contributed by atoms with Crippen LogP contribution in [0.4, 0.5) is 5.69 Å². The first-order valence-corrected chi connectivity index (χ1v) is 7.14. The molecule has 7 heteroatoms. The van der Waals surface area contributed by atoms with Crippen molar-refractivity contribution in [1.29, 1.82) is 0 Å². The third kappa shape index (κ3) is 4.09. The average molecular weight is 306 g/mol. The molecule has 112 valence electrons. The summed E-state index contributed by atoms with van der Waals surface area (Å²) in [6.45, 7) is 2.46. The van der Waals surface area contributed by atoms with E-state index in [2.05, 4.69) is 15.3 Å². The van der Waals surface area contributed by atoms with Crippen LogP contribution < -0.4 is 20.5 Å². The fourth-order valence-electron chi connectivity index (χ4n) is 1.73. The second-order valence-electron chi connectivity index (χ2n) is 4.24. The third-order valence-corrected chi connectivity index (χ3v) is 3.64. The zero-order valence-corrected chi connectivity index (χ0v) is 13.0. The van der Waals surface area contributed by atoms with Crippen LogP contribution in [0.2, 0.25) is 0 Å². The van der Waals surface area contributed by atoms with Crippen LogP contribution in [-0.4, -0.2) is 25.2 Å². The van der Waals surface area contributed by atoms with Gasteiger partial charge >= 0.3 is 0 Å². The molecule has 0 amide bonds. The lowest BCUT2D eigenvalue weighted by Gasteiger charge is -2.12. The Hall–Kier alpha value is -2.28. The molecule has 3 N–H and O–H groups in total. The molecule has 2 aromatic rings. The number of aromatic nitrogens is 1. The van der Waals surface area contributed by atoms with E-state index in [0.717, 1.165) is 9.88 Å². The maximum atomic E-state index is 5.90. The highest BCUT2D eigenvalue weighted by atomic mass is 32.1. The van der Waals surface area contributed by atoms with Gasteiger partial charge < -0.3 is 20.5 Å². The second kappa shape index (κ2) is 6.94. The summed E-state index contributed by atoms with van der Waals surface area (Å²) in [5.41, 5.74) is 6.61. The van der Waals surface area contributed by atoms with Gasteiger partial charge in [-0.05, 0) is 19.1 Å². The summed E-state index contributed by atoms with van der Waals surface area (Å²) >= 11 is 1.60. The molecule has 0 aliphatic rings. The summed E-state index contributed by atoms with van der Waals surface area (Å²) in [6.07, 6.45) is 1.81. The molecule has 0 saturated carbocycles. The molecule has 21 heavy (non-hydrogen) atoms. The Morgan fingerprint density at radius 3 is 2.81 bits per heavy atom. The molecular formula is C14H18N4O2S. The molecule has 2 rings (SSSR count). The van der Waals surface area contributed by atoms with Crippen molar-refractivity contribution in [3.63, 3.8) is 0 Å². The van der Waals surface area contributed by atoms with Gasteiger partial charge in [-0.2, -0.15) is 0 Å². The highest BCUT2D eigenvalue weighted by Crippen LogP contribution is 2.28. The van der Waals surface area contributed by atoms with Crippen LogP contribution >= 0.6 is 11.3 Å². The maximum Gasteiger partial charge on any atom is 0.193 e. The minimum atomic E-state index is 0.313. The number of rotatable bonds is 5. The minimum Gasteiger partial charge on any atom is -0.497 e. The molecule has 0 unspecified atom stereocenters. The van der Waals surface area contributed by atoms with Crippen LogP contribution in [0.25, 0.3) is 0 Å². The number of methoxy groups -OCH3 is 2. The van der Waals surface area contributed by atoms with E-state index in [1.54, 1.807) is 37.7 Å². The highest BCUT2D eigenvalue weighted by Gasteiger charge is 2.06. The molecule has 0 atom stereocenters. The number of aliphatic imine (C=N–C) groups is 1. The molecule has 6 nitrogen and oxygen atoms in total. The lowest BCUT2D eigenvalue weighted by atomic mass is 10.2. The normalized spacial score (nSPS) is 11.3. The number of anilines is 1. The molecule has 0 fully saturated rings. The molecular weight excluding hydrogens is 288 g/mol. The molecule has 1 heterocycles. The zero-order valence-electron chi connectivity index (χ0n) is 12.2. The first-order valence-electron chi connectivity index (χ1n) is 6.32. The standard InChI is InChI=1S/C14H18N4O2S/c1-9-16-7-11(21-9)8-17-14(15)18-12-6-10(19-2)4-5-13(12)20-3/h4-7H,8H2,1-3H3,(H3,15,17,18). The Morgan fingerprint density at radius 1 is 1.38 bits per heavy atom. The summed E-state index contributed by atoms with van der Waals surface area (Å²) in [5.74, 6) is 1.69. The Bertz CT molecular complexity index is 640. The van der Waals surface area contributed by atoms with E-state index in [1.165, 1.54) is 0 Å². The number of ether oxygens (including phenoxy) is 2.